The molecule has 2 aromatic carbocycles. The zero-order chi connectivity index (χ0) is 17.4. The molecule has 0 aliphatic carbocycles. The van der Waals surface area contributed by atoms with E-state index in [-0.39, 0.29) is 24.0 Å². The van der Waals surface area contributed by atoms with Crippen LogP contribution < -0.4 is 10.1 Å². The van der Waals surface area contributed by atoms with Crippen molar-refractivity contribution in [3.63, 3.8) is 0 Å². The molecule has 0 saturated heterocycles. The molecule has 0 aliphatic heterocycles. The van der Waals surface area contributed by atoms with Gasteiger partial charge in [-0.15, -0.1) is 24.0 Å². The van der Waals surface area contributed by atoms with Gasteiger partial charge in [0.25, 0.3) is 0 Å². The summed E-state index contributed by atoms with van der Waals surface area (Å²) in [7, 11) is 5.43. The van der Waals surface area contributed by atoms with Crippen molar-refractivity contribution in [2.75, 3.05) is 21.2 Å². The van der Waals surface area contributed by atoms with Crippen LogP contribution in [0, 0.1) is 11.3 Å². The first-order chi connectivity index (χ1) is 11.7. The lowest BCUT2D eigenvalue weighted by atomic mass is 10.1. The monoisotopic (exact) mass is 450 g/mol. The Balaban J connectivity index is 0.00000312. The predicted octanol–water partition coefficient (Wildman–Crippen LogP) is 3.39. The van der Waals surface area contributed by atoms with Crippen LogP contribution in [0.2, 0.25) is 0 Å². The van der Waals surface area contributed by atoms with E-state index in [0.717, 1.165) is 23.8 Å². The van der Waals surface area contributed by atoms with E-state index in [1.54, 1.807) is 14.2 Å². The van der Waals surface area contributed by atoms with Crippen LogP contribution in [-0.4, -0.2) is 32.1 Å². The zero-order valence-corrected chi connectivity index (χ0v) is 17.0. The molecule has 0 aliphatic rings. The van der Waals surface area contributed by atoms with E-state index in [9.17, 15) is 0 Å². The highest BCUT2D eigenvalue weighted by Crippen LogP contribution is 2.12. The quantitative estimate of drug-likeness (QED) is 0.431. The molecule has 0 bridgehead atoms. The molecule has 0 spiro atoms. The number of hydrogen-bond acceptors (Lipinski definition) is 3. The smallest absolute Gasteiger partial charge is 0.193 e. The number of aliphatic imine (C=N–C) groups is 1. The lowest BCUT2D eigenvalue weighted by molar-refractivity contribution is 0.414. The number of halogens is 1. The third-order valence-electron chi connectivity index (χ3n) is 3.69. The SMILES string of the molecule is CN=C(NCc1ccc(C#N)cc1)N(C)Cc1ccc(OC)cc1.I. The first kappa shape index (κ1) is 20.8. The second-order valence-electron chi connectivity index (χ2n) is 5.41. The molecule has 0 radical (unpaired) electrons. The summed E-state index contributed by atoms with van der Waals surface area (Å²) in [4.78, 5) is 6.38. The molecular formula is C19H23IN4O. The number of ether oxygens (including phenoxy) is 1. The Labute approximate surface area is 166 Å². The van der Waals surface area contributed by atoms with Gasteiger partial charge >= 0.3 is 0 Å². The Morgan fingerprint density at radius 2 is 1.72 bits per heavy atom. The van der Waals surface area contributed by atoms with E-state index >= 15 is 0 Å². The van der Waals surface area contributed by atoms with Gasteiger partial charge in [-0.3, -0.25) is 4.99 Å². The summed E-state index contributed by atoms with van der Waals surface area (Å²) < 4.78 is 5.18. The summed E-state index contributed by atoms with van der Waals surface area (Å²) in [6.45, 7) is 1.41. The molecule has 0 heterocycles. The summed E-state index contributed by atoms with van der Waals surface area (Å²) in [5.41, 5.74) is 2.95. The minimum Gasteiger partial charge on any atom is -0.497 e. The summed E-state index contributed by atoms with van der Waals surface area (Å²) in [5, 5.41) is 12.2. The van der Waals surface area contributed by atoms with Crippen molar-refractivity contribution in [3.8, 4) is 11.8 Å². The van der Waals surface area contributed by atoms with Gasteiger partial charge in [0.1, 0.15) is 5.75 Å². The van der Waals surface area contributed by atoms with Crippen LogP contribution in [-0.2, 0) is 13.1 Å². The summed E-state index contributed by atoms with van der Waals surface area (Å²) >= 11 is 0. The van der Waals surface area contributed by atoms with Gasteiger partial charge < -0.3 is 15.0 Å². The van der Waals surface area contributed by atoms with Crippen LogP contribution in [0.1, 0.15) is 16.7 Å². The first-order valence-corrected chi connectivity index (χ1v) is 7.70. The van der Waals surface area contributed by atoms with E-state index in [1.165, 1.54) is 5.56 Å². The zero-order valence-electron chi connectivity index (χ0n) is 14.7. The van der Waals surface area contributed by atoms with Crippen molar-refractivity contribution in [3.05, 3.63) is 65.2 Å². The lowest BCUT2D eigenvalue weighted by Crippen LogP contribution is -2.38. The lowest BCUT2D eigenvalue weighted by Gasteiger charge is -2.22. The summed E-state index contributed by atoms with van der Waals surface area (Å²) in [6, 6.07) is 17.7. The van der Waals surface area contributed by atoms with Crippen LogP contribution in [0.25, 0.3) is 0 Å². The molecule has 132 valence electrons. The molecule has 25 heavy (non-hydrogen) atoms. The van der Waals surface area contributed by atoms with Crippen LogP contribution in [0.4, 0.5) is 0 Å². The summed E-state index contributed by atoms with van der Waals surface area (Å²) in [6.07, 6.45) is 0. The van der Waals surface area contributed by atoms with Crippen LogP contribution in [0.3, 0.4) is 0 Å². The normalized spacial score (nSPS) is 10.4. The van der Waals surface area contributed by atoms with E-state index in [4.69, 9.17) is 10.00 Å². The van der Waals surface area contributed by atoms with Crippen molar-refractivity contribution in [1.82, 2.24) is 10.2 Å². The van der Waals surface area contributed by atoms with Crippen molar-refractivity contribution in [1.29, 1.82) is 5.26 Å². The van der Waals surface area contributed by atoms with Crippen LogP contribution in [0.5, 0.6) is 5.75 Å². The number of nitrogens with zero attached hydrogens (tertiary/aromatic N) is 3. The minimum atomic E-state index is 0. The molecule has 2 rings (SSSR count). The molecular weight excluding hydrogens is 427 g/mol. The van der Waals surface area contributed by atoms with E-state index in [1.807, 2.05) is 55.6 Å². The van der Waals surface area contributed by atoms with Crippen molar-refractivity contribution < 1.29 is 4.74 Å². The van der Waals surface area contributed by atoms with Gasteiger partial charge in [0.05, 0.1) is 18.7 Å². The molecule has 6 heteroatoms. The van der Waals surface area contributed by atoms with Crippen LogP contribution in [0.15, 0.2) is 53.5 Å². The Morgan fingerprint density at radius 3 is 2.24 bits per heavy atom. The van der Waals surface area contributed by atoms with Crippen molar-refractivity contribution in [2.24, 2.45) is 4.99 Å². The molecule has 0 saturated carbocycles. The Kier molecular flexibility index (Phi) is 8.78. The number of nitriles is 1. The number of guanidine groups is 1. The standard InChI is InChI=1S/C19H22N4O.HI/c1-21-19(22-13-16-6-4-15(12-20)5-7-16)23(2)14-17-8-10-18(24-3)11-9-17;/h4-11H,13-14H2,1-3H3,(H,21,22);1H. The van der Waals surface area contributed by atoms with Gasteiger partial charge in [0, 0.05) is 27.2 Å². The maximum absolute atomic E-state index is 8.83. The average molecular weight is 450 g/mol. The van der Waals surface area contributed by atoms with Gasteiger partial charge in [-0.05, 0) is 35.4 Å². The van der Waals surface area contributed by atoms with Gasteiger partial charge in [-0.25, -0.2) is 0 Å². The average Bonchev–Trinajstić information content (AvgIpc) is 2.63. The van der Waals surface area contributed by atoms with Crippen LogP contribution >= 0.6 is 24.0 Å². The number of nitrogens with one attached hydrogen (secondary N) is 1. The molecule has 0 amide bonds. The van der Waals surface area contributed by atoms with E-state index in [0.29, 0.717) is 12.1 Å². The van der Waals surface area contributed by atoms with Gasteiger partial charge in [0.15, 0.2) is 5.96 Å². The van der Waals surface area contributed by atoms with Gasteiger partial charge in [-0.2, -0.15) is 5.26 Å². The Morgan fingerprint density at radius 1 is 1.12 bits per heavy atom. The third kappa shape index (κ3) is 6.27. The maximum Gasteiger partial charge on any atom is 0.193 e. The fourth-order valence-electron chi connectivity index (χ4n) is 2.34. The number of methoxy groups -OCH3 is 1. The molecule has 0 atom stereocenters. The molecule has 0 fully saturated rings. The van der Waals surface area contributed by atoms with Crippen molar-refractivity contribution in [2.45, 2.75) is 13.1 Å². The molecule has 5 nitrogen and oxygen atoms in total. The maximum atomic E-state index is 8.83. The van der Waals surface area contributed by atoms with E-state index in [2.05, 4.69) is 21.3 Å². The summed E-state index contributed by atoms with van der Waals surface area (Å²) in [5.74, 6) is 1.67. The Bertz CT molecular complexity index is 721. The molecule has 0 unspecified atom stereocenters. The fourth-order valence-corrected chi connectivity index (χ4v) is 2.34. The molecule has 1 N–H and O–H groups in total. The van der Waals surface area contributed by atoms with Gasteiger partial charge in [-0.1, -0.05) is 24.3 Å². The number of hydrogen-bond donors (Lipinski definition) is 1. The first-order valence-electron chi connectivity index (χ1n) is 7.70. The van der Waals surface area contributed by atoms with Gasteiger partial charge in [0.2, 0.25) is 0 Å². The largest absolute Gasteiger partial charge is 0.497 e. The van der Waals surface area contributed by atoms with E-state index < -0.39 is 0 Å². The fraction of sp³-hybridized carbons (Fsp3) is 0.263. The second kappa shape index (κ2) is 10.6. The molecule has 2 aromatic rings. The highest BCUT2D eigenvalue weighted by molar-refractivity contribution is 14.0. The number of rotatable bonds is 5. The number of benzene rings is 2. The topological polar surface area (TPSA) is 60.7 Å². The predicted molar refractivity (Wildman–Crippen MR) is 111 cm³/mol. The third-order valence-corrected chi connectivity index (χ3v) is 3.69. The minimum absolute atomic E-state index is 0. The Hall–Kier alpha value is -2.27. The molecule has 0 aromatic heterocycles. The second-order valence-corrected chi connectivity index (χ2v) is 5.41. The highest BCUT2D eigenvalue weighted by atomic mass is 127. The highest BCUT2D eigenvalue weighted by Gasteiger charge is 2.07. The van der Waals surface area contributed by atoms with Crippen molar-refractivity contribution >= 4 is 29.9 Å².